The zero-order valence-corrected chi connectivity index (χ0v) is 25.1. The molecule has 2 aromatic rings. The first-order chi connectivity index (χ1) is 20.3. The maximum absolute atomic E-state index is 14.6. The molecule has 3 atom stereocenters. The van der Waals surface area contributed by atoms with Gasteiger partial charge in [-0.25, -0.2) is 4.98 Å². The average Bonchev–Trinajstić information content (AvgIpc) is 3.69. The summed E-state index contributed by atoms with van der Waals surface area (Å²) in [6.45, 7) is 4.02. The molecule has 0 aromatic carbocycles. The van der Waals surface area contributed by atoms with Crippen LogP contribution in [0.1, 0.15) is 116 Å². The number of aliphatic hydroxyl groups is 1. The number of hydrogen-bond acceptors (Lipinski definition) is 8. The predicted molar refractivity (Wildman–Crippen MR) is 155 cm³/mol. The van der Waals surface area contributed by atoms with Crippen molar-refractivity contribution in [3.05, 3.63) is 12.4 Å². The number of imidazole rings is 1. The predicted octanol–water partition coefficient (Wildman–Crippen LogP) is 5.64. The van der Waals surface area contributed by atoms with Crippen molar-refractivity contribution in [1.29, 1.82) is 0 Å². The average molecular weight is 588 g/mol. The van der Waals surface area contributed by atoms with E-state index in [2.05, 4.69) is 27.2 Å². The molecule has 3 aliphatic rings. The van der Waals surface area contributed by atoms with Gasteiger partial charge in [-0.3, -0.25) is 9.59 Å². The summed E-state index contributed by atoms with van der Waals surface area (Å²) in [5.41, 5.74) is -0.574. The summed E-state index contributed by atoms with van der Waals surface area (Å²) < 4.78 is 27.8. The summed E-state index contributed by atoms with van der Waals surface area (Å²) in [5, 5.41) is 14.5. The maximum atomic E-state index is 14.6. The lowest BCUT2D eigenvalue weighted by Gasteiger charge is -2.36. The van der Waals surface area contributed by atoms with E-state index in [1.807, 2.05) is 6.92 Å². The third-order valence-electron chi connectivity index (χ3n) is 10.1. The monoisotopic (exact) mass is 587 g/mol. The fraction of sp³-hybridized carbons (Fsp3) is 0.774. The van der Waals surface area contributed by atoms with E-state index < -0.39 is 23.8 Å². The highest BCUT2D eigenvalue weighted by Crippen LogP contribution is 2.50. The summed E-state index contributed by atoms with van der Waals surface area (Å²) in [6.07, 6.45) is 14.4. The van der Waals surface area contributed by atoms with E-state index in [0.717, 1.165) is 57.8 Å². The number of unbranched alkanes of at least 4 members (excludes halogenated alkanes) is 4. The highest BCUT2D eigenvalue weighted by molar-refractivity contribution is 5.96. The fourth-order valence-electron chi connectivity index (χ4n) is 7.34. The smallest absolute Gasteiger partial charge is 0.312 e. The molecule has 1 amide bonds. The van der Waals surface area contributed by atoms with Crippen LogP contribution in [0.25, 0.3) is 11.2 Å². The van der Waals surface area contributed by atoms with Crippen LogP contribution in [-0.4, -0.2) is 61.4 Å². The van der Waals surface area contributed by atoms with Gasteiger partial charge in [-0.15, -0.1) is 0 Å². The minimum atomic E-state index is -1.41. The van der Waals surface area contributed by atoms with Crippen molar-refractivity contribution in [2.24, 2.45) is 11.3 Å². The molecule has 11 heteroatoms. The van der Waals surface area contributed by atoms with E-state index >= 15 is 0 Å². The van der Waals surface area contributed by atoms with Gasteiger partial charge in [0.15, 0.2) is 17.0 Å². The van der Waals surface area contributed by atoms with Crippen LogP contribution in [0.2, 0.25) is 0 Å². The minimum absolute atomic E-state index is 0.00566. The van der Waals surface area contributed by atoms with E-state index in [1.165, 1.54) is 32.0 Å². The van der Waals surface area contributed by atoms with Gasteiger partial charge >= 0.3 is 12.0 Å². The van der Waals surface area contributed by atoms with Crippen LogP contribution in [0.4, 0.5) is 10.2 Å². The van der Waals surface area contributed by atoms with Gasteiger partial charge in [-0.1, -0.05) is 52.4 Å². The van der Waals surface area contributed by atoms with Crippen LogP contribution in [0, 0.1) is 17.4 Å². The van der Waals surface area contributed by atoms with Gasteiger partial charge in [0.05, 0.1) is 24.9 Å². The van der Waals surface area contributed by atoms with Crippen molar-refractivity contribution < 1.29 is 28.6 Å². The summed E-state index contributed by atoms with van der Waals surface area (Å²) in [5.74, 6) is -0.577. The second kappa shape index (κ2) is 13.3. The lowest BCUT2D eigenvalue weighted by Crippen LogP contribution is -2.46. The van der Waals surface area contributed by atoms with E-state index in [0.29, 0.717) is 18.3 Å². The van der Waals surface area contributed by atoms with Crippen LogP contribution in [-0.2, 0) is 19.1 Å². The molecule has 0 radical (unpaired) electrons. The molecule has 2 N–H and O–H groups in total. The lowest BCUT2D eigenvalue weighted by atomic mass is 9.69. The molecule has 1 saturated heterocycles. The van der Waals surface area contributed by atoms with Gasteiger partial charge in [0.1, 0.15) is 18.3 Å². The Hall–Kier alpha value is -2.66. The molecule has 1 spiro atoms. The first-order valence-corrected chi connectivity index (χ1v) is 16.0. The molecule has 1 unspecified atom stereocenters. The number of nitrogens with zero attached hydrogens (tertiary/aromatic N) is 4. The van der Waals surface area contributed by atoms with Crippen molar-refractivity contribution in [3.8, 4) is 0 Å². The molecule has 5 rings (SSSR count). The Labute approximate surface area is 247 Å². The van der Waals surface area contributed by atoms with Crippen molar-refractivity contribution in [2.75, 3.05) is 18.5 Å². The molecular weight excluding hydrogens is 541 g/mol. The SMILES string of the molecule is CCCCCCCC(=O)Nc1nc(F)nc2c1ncn2C1CO[C@H](COC(=O)C2CCC3(CCCC3)CC2)[C@]1(O)CC. The Bertz CT molecular complexity index is 1240. The van der Waals surface area contributed by atoms with Gasteiger partial charge in [-0.05, 0) is 56.8 Å². The van der Waals surface area contributed by atoms with Crippen LogP contribution in [0.15, 0.2) is 6.33 Å². The standard InChI is InChI=1S/C31H46FN5O5/c1-3-5-6-7-8-11-24(38)34-26-25-27(36-29(32)35-26)37(20-33-25)22-18-41-23(31(22,40)4-2)19-42-28(39)21-12-16-30(17-13-21)14-9-10-15-30/h20-23,40H,3-19H2,1-2H3,(H,34,35,36,38)/t22?,23-,31+/m1/s1. The summed E-state index contributed by atoms with van der Waals surface area (Å²) >= 11 is 0. The fourth-order valence-corrected chi connectivity index (χ4v) is 7.34. The Morgan fingerprint density at radius 2 is 1.86 bits per heavy atom. The quantitative estimate of drug-likeness (QED) is 0.186. The lowest BCUT2D eigenvalue weighted by molar-refractivity contribution is -0.158. The molecule has 3 heterocycles. The van der Waals surface area contributed by atoms with Gasteiger partial charge in [0.25, 0.3) is 0 Å². The highest BCUT2D eigenvalue weighted by atomic mass is 19.1. The minimum Gasteiger partial charge on any atom is -0.463 e. The number of amides is 1. The number of esters is 1. The second-order valence-electron chi connectivity index (χ2n) is 12.7. The molecular formula is C31H46FN5O5. The summed E-state index contributed by atoms with van der Waals surface area (Å²) in [4.78, 5) is 37.6. The Morgan fingerprint density at radius 3 is 2.57 bits per heavy atom. The molecule has 2 saturated carbocycles. The maximum Gasteiger partial charge on any atom is 0.312 e. The molecule has 2 aliphatic carbocycles. The Balaban J connectivity index is 1.22. The third kappa shape index (κ3) is 6.46. The molecule has 1 aliphatic heterocycles. The van der Waals surface area contributed by atoms with Crippen LogP contribution < -0.4 is 5.32 Å². The number of nitrogens with one attached hydrogen (secondary N) is 1. The number of fused-ring (bicyclic) bond motifs is 1. The molecule has 2 aromatic heterocycles. The summed E-state index contributed by atoms with van der Waals surface area (Å²) in [7, 11) is 0. The van der Waals surface area contributed by atoms with E-state index in [1.54, 1.807) is 4.57 Å². The Kier molecular flexibility index (Phi) is 9.77. The number of anilines is 1. The zero-order chi connectivity index (χ0) is 29.7. The number of carbonyl (C=O) groups is 2. The Morgan fingerprint density at radius 1 is 1.12 bits per heavy atom. The number of aromatic nitrogens is 4. The molecule has 0 bridgehead atoms. The number of hydrogen-bond donors (Lipinski definition) is 2. The molecule has 3 fully saturated rings. The molecule has 42 heavy (non-hydrogen) atoms. The third-order valence-corrected chi connectivity index (χ3v) is 10.1. The van der Waals surface area contributed by atoms with Crippen molar-refractivity contribution >= 4 is 28.9 Å². The van der Waals surface area contributed by atoms with Crippen LogP contribution >= 0.6 is 0 Å². The van der Waals surface area contributed by atoms with E-state index in [4.69, 9.17) is 9.47 Å². The van der Waals surface area contributed by atoms with Gasteiger partial charge in [-0.2, -0.15) is 14.4 Å². The van der Waals surface area contributed by atoms with Crippen molar-refractivity contribution in [2.45, 2.75) is 128 Å². The number of halogens is 1. The molecule has 232 valence electrons. The highest BCUT2D eigenvalue weighted by Gasteiger charge is 2.51. The van der Waals surface area contributed by atoms with Crippen LogP contribution in [0.3, 0.4) is 0 Å². The molecule has 10 nitrogen and oxygen atoms in total. The van der Waals surface area contributed by atoms with Gasteiger partial charge in [0.2, 0.25) is 5.91 Å². The number of carbonyl (C=O) groups excluding carboxylic acids is 2. The van der Waals surface area contributed by atoms with Crippen LogP contribution in [0.5, 0.6) is 0 Å². The van der Waals surface area contributed by atoms with Gasteiger partial charge < -0.3 is 24.5 Å². The number of ether oxygens (including phenoxy) is 2. The number of rotatable bonds is 12. The first kappa shape index (κ1) is 30.8. The summed E-state index contributed by atoms with van der Waals surface area (Å²) in [6, 6.07) is -0.649. The zero-order valence-electron chi connectivity index (χ0n) is 25.1. The normalized spacial score (nSPS) is 25.8. The largest absolute Gasteiger partial charge is 0.463 e. The van der Waals surface area contributed by atoms with E-state index in [9.17, 15) is 19.1 Å². The van der Waals surface area contributed by atoms with Crippen molar-refractivity contribution in [3.63, 3.8) is 0 Å². The van der Waals surface area contributed by atoms with Gasteiger partial charge in [0, 0.05) is 6.42 Å². The first-order valence-electron chi connectivity index (χ1n) is 16.0. The van der Waals surface area contributed by atoms with E-state index in [-0.39, 0.29) is 48.0 Å². The second-order valence-corrected chi connectivity index (χ2v) is 12.7. The van der Waals surface area contributed by atoms with Crippen molar-refractivity contribution in [1.82, 2.24) is 19.5 Å². The topological polar surface area (TPSA) is 128 Å².